The number of amides is 1. The van der Waals surface area contributed by atoms with Gasteiger partial charge < -0.3 is 25.6 Å². The lowest BCUT2D eigenvalue weighted by Crippen LogP contribution is -2.54. The molecule has 2 saturated heterocycles. The minimum atomic E-state index is -0.458. The zero-order valence-corrected chi connectivity index (χ0v) is 21.1. The van der Waals surface area contributed by atoms with Gasteiger partial charge in [-0.25, -0.2) is 9.97 Å². The molecule has 1 unspecified atom stereocenters. The van der Waals surface area contributed by atoms with E-state index in [1.807, 2.05) is 43.3 Å². The Hall–Kier alpha value is -3.30. The monoisotopic (exact) mass is 489 g/mol. The normalized spacial score (nSPS) is 18.0. The molecule has 5 rings (SSSR count). The summed E-state index contributed by atoms with van der Waals surface area (Å²) in [6, 6.07) is 8.06. The van der Waals surface area contributed by atoms with Crippen LogP contribution in [0.4, 0.5) is 11.6 Å². The molecular formula is C27H35N7O2. The third-order valence-corrected chi connectivity index (χ3v) is 7.13. The zero-order valence-electron chi connectivity index (χ0n) is 21.1. The average molecular weight is 490 g/mol. The molecule has 1 amide bonds. The summed E-state index contributed by atoms with van der Waals surface area (Å²) in [5.41, 5.74) is 8.01. The van der Waals surface area contributed by atoms with E-state index >= 15 is 0 Å². The Labute approximate surface area is 212 Å². The number of carbonyl (C=O) groups excluding carboxylic acids is 1. The third kappa shape index (κ3) is 5.27. The molecule has 3 N–H and O–H groups in total. The largest absolute Gasteiger partial charge is 0.381 e. The van der Waals surface area contributed by atoms with Crippen molar-refractivity contribution >= 4 is 28.3 Å². The highest BCUT2D eigenvalue weighted by Gasteiger charge is 2.28. The van der Waals surface area contributed by atoms with Gasteiger partial charge in [0.05, 0.1) is 11.7 Å². The molecule has 2 aliphatic rings. The van der Waals surface area contributed by atoms with Gasteiger partial charge in [0, 0.05) is 80.4 Å². The fraction of sp³-hybridized carbons (Fsp3) is 0.481. The van der Waals surface area contributed by atoms with Crippen LogP contribution in [0.1, 0.15) is 26.7 Å². The molecule has 0 spiro atoms. The highest BCUT2D eigenvalue weighted by molar-refractivity contribution is 5.94. The molecule has 3 aromatic rings. The van der Waals surface area contributed by atoms with Gasteiger partial charge in [0.1, 0.15) is 11.6 Å². The van der Waals surface area contributed by atoms with Crippen LogP contribution >= 0.6 is 0 Å². The number of nitrogens with zero attached hydrogens (tertiary/aromatic N) is 5. The number of pyridine rings is 3. The van der Waals surface area contributed by atoms with Gasteiger partial charge in [-0.3, -0.25) is 9.78 Å². The SMILES string of the molecule is CC(C)C(N)C(=O)N1CCN(c2nc(-c3ccnc(NC4CCOCC4)c3)cc3cnccc23)CC1. The van der Waals surface area contributed by atoms with Crippen molar-refractivity contribution in [3.05, 3.63) is 42.9 Å². The van der Waals surface area contributed by atoms with E-state index in [0.29, 0.717) is 32.2 Å². The Morgan fingerprint density at radius 1 is 1.11 bits per heavy atom. The molecular weight excluding hydrogens is 454 g/mol. The molecule has 0 radical (unpaired) electrons. The summed E-state index contributed by atoms with van der Waals surface area (Å²) in [4.78, 5) is 30.9. The van der Waals surface area contributed by atoms with Crippen LogP contribution in [0, 0.1) is 5.92 Å². The van der Waals surface area contributed by atoms with Crippen LogP contribution in [-0.2, 0) is 9.53 Å². The van der Waals surface area contributed by atoms with E-state index in [1.54, 1.807) is 6.20 Å². The Kier molecular flexibility index (Phi) is 7.29. The predicted octanol–water partition coefficient (Wildman–Crippen LogP) is 2.91. The van der Waals surface area contributed by atoms with Crippen LogP contribution in [0.15, 0.2) is 42.9 Å². The van der Waals surface area contributed by atoms with Gasteiger partial charge >= 0.3 is 0 Å². The van der Waals surface area contributed by atoms with Crippen LogP contribution in [0.25, 0.3) is 22.0 Å². The Bertz CT molecular complexity index is 1200. The Morgan fingerprint density at radius 2 is 1.89 bits per heavy atom. The minimum Gasteiger partial charge on any atom is -0.381 e. The molecule has 2 fully saturated rings. The van der Waals surface area contributed by atoms with Crippen LogP contribution in [0.5, 0.6) is 0 Å². The number of anilines is 2. The lowest BCUT2D eigenvalue weighted by atomic mass is 10.0. The van der Waals surface area contributed by atoms with Crippen LogP contribution < -0.4 is 16.0 Å². The average Bonchev–Trinajstić information content (AvgIpc) is 2.92. The molecule has 0 aromatic carbocycles. The number of aromatic nitrogens is 3. The first kappa shape index (κ1) is 24.4. The first-order valence-electron chi connectivity index (χ1n) is 12.8. The molecule has 36 heavy (non-hydrogen) atoms. The number of rotatable bonds is 6. The quantitative estimate of drug-likeness (QED) is 0.544. The molecule has 3 aromatic heterocycles. The molecule has 9 heteroatoms. The molecule has 2 aliphatic heterocycles. The Balaban J connectivity index is 1.39. The summed E-state index contributed by atoms with van der Waals surface area (Å²) in [5.74, 6) is 1.92. The fourth-order valence-corrected chi connectivity index (χ4v) is 4.82. The van der Waals surface area contributed by atoms with Gasteiger partial charge in [-0.2, -0.15) is 0 Å². The van der Waals surface area contributed by atoms with Gasteiger partial charge in [-0.05, 0) is 43.0 Å². The van der Waals surface area contributed by atoms with Crippen molar-refractivity contribution in [3.8, 4) is 11.3 Å². The molecule has 5 heterocycles. The maximum absolute atomic E-state index is 12.7. The smallest absolute Gasteiger partial charge is 0.239 e. The maximum atomic E-state index is 12.7. The van der Waals surface area contributed by atoms with E-state index in [-0.39, 0.29) is 11.8 Å². The van der Waals surface area contributed by atoms with Gasteiger partial charge in [-0.1, -0.05) is 13.8 Å². The second-order valence-electron chi connectivity index (χ2n) is 9.97. The number of piperazine rings is 1. The van der Waals surface area contributed by atoms with E-state index in [9.17, 15) is 4.79 Å². The number of carbonyl (C=O) groups is 1. The minimum absolute atomic E-state index is 0.0294. The summed E-state index contributed by atoms with van der Waals surface area (Å²) < 4.78 is 5.47. The first-order valence-corrected chi connectivity index (χ1v) is 12.8. The van der Waals surface area contributed by atoms with Crippen LogP contribution in [0.3, 0.4) is 0 Å². The zero-order chi connectivity index (χ0) is 25.1. The summed E-state index contributed by atoms with van der Waals surface area (Å²) in [7, 11) is 0. The molecule has 0 bridgehead atoms. The van der Waals surface area contributed by atoms with Crippen molar-refractivity contribution in [1.82, 2.24) is 19.9 Å². The van der Waals surface area contributed by atoms with Crippen LogP contribution in [0.2, 0.25) is 0 Å². The lowest BCUT2D eigenvalue weighted by molar-refractivity contribution is -0.133. The van der Waals surface area contributed by atoms with Crippen molar-refractivity contribution in [2.24, 2.45) is 11.7 Å². The van der Waals surface area contributed by atoms with E-state index in [0.717, 1.165) is 59.7 Å². The van der Waals surface area contributed by atoms with Gasteiger partial charge in [0.2, 0.25) is 5.91 Å². The molecule has 0 aliphatic carbocycles. The topological polar surface area (TPSA) is 110 Å². The second kappa shape index (κ2) is 10.8. The number of ether oxygens (including phenoxy) is 1. The molecule has 190 valence electrons. The van der Waals surface area contributed by atoms with Crippen molar-refractivity contribution in [1.29, 1.82) is 0 Å². The van der Waals surface area contributed by atoms with E-state index in [4.69, 9.17) is 15.5 Å². The maximum Gasteiger partial charge on any atom is 0.239 e. The van der Waals surface area contributed by atoms with E-state index in [1.165, 1.54) is 0 Å². The predicted molar refractivity (Wildman–Crippen MR) is 142 cm³/mol. The van der Waals surface area contributed by atoms with E-state index in [2.05, 4.69) is 32.3 Å². The van der Waals surface area contributed by atoms with Crippen molar-refractivity contribution in [2.75, 3.05) is 49.6 Å². The van der Waals surface area contributed by atoms with Crippen molar-refractivity contribution < 1.29 is 9.53 Å². The standard InChI is InChI=1S/C27H35N7O2/c1-18(2)25(28)27(35)34-11-9-33(10-12-34)26-22-4-7-29-17-20(22)15-23(32-26)19-3-8-30-24(16-19)31-21-5-13-36-14-6-21/h3-4,7-8,15-18,21,25H,5-6,9-14,28H2,1-2H3,(H,30,31). The fourth-order valence-electron chi connectivity index (χ4n) is 4.82. The van der Waals surface area contributed by atoms with E-state index < -0.39 is 6.04 Å². The number of nitrogens with two attached hydrogens (primary N) is 1. The summed E-state index contributed by atoms with van der Waals surface area (Å²) >= 11 is 0. The van der Waals surface area contributed by atoms with Gasteiger partial charge in [0.15, 0.2) is 0 Å². The molecule has 1 atom stereocenters. The highest BCUT2D eigenvalue weighted by Crippen LogP contribution is 2.31. The lowest BCUT2D eigenvalue weighted by Gasteiger charge is -2.37. The number of nitrogens with one attached hydrogen (secondary N) is 1. The summed E-state index contributed by atoms with van der Waals surface area (Å²) in [6.45, 7) is 8.20. The molecule has 9 nitrogen and oxygen atoms in total. The molecule has 0 saturated carbocycles. The highest BCUT2D eigenvalue weighted by atomic mass is 16.5. The van der Waals surface area contributed by atoms with Crippen molar-refractivity contribution in [2.45, 2.75) is 38.8 Å². The summed E-state index contributed by atoms with van der Waals surface area (Å²) in [6.07, 6.45) is 7.47. The van der Waals surface area contributed by atoms with Gasteiger partial charge in [0.25, 0.3) is 0 Å². The second-order valence-corrected chi connectivity index (χ2v) is 9.97. The van der Waals surface area contributed by atoms with Gasteiger partial charge in [-0.15, -0.1) is 0 Å². The Morgan fingerprint density at radius 3 is 2.64 bits per heavy atom. The third-order valence-electron chi connectivity index (χ3n) is 7.13. The summed E-state index contributed by atoms with van der Waals surface area (Å²) in [5, 5.41) is 5.64. The first-order chi connectivity index (χ1) is 17.5. The number of hydrogen-bond donors (Lipinski definition) is 2. The number of hydrogen-bond acceptors (Lipinski definition) is 8. The van der Waals surface area contributed by atoms with Crippen molar-refractivity contribution in [3.63, 3.8) is 0 Å². The van der Waals surface area contributed by atoms with Crippen LogP contribution in [-0.4, -0.2) is 77.2 Å². The number of fused-ring (bicyclic) bond motifs is 1.